The van der Waals surface area contributed by atoms with Crippen LogP contribution in [0.5, 0.6) is 0 Å². The summed E-state index contributed by atoms with van der Waals surface area (Å²) < 4.78 is 14.4. The third kappa shape index (κ3) is 2.90. The summed E-state index contributed by atoms with van der Waals surface area (Å²) in [7, 11) is 0. The monoisotopic (exact) mass is 314 g/mol. The van der Waals surface area contributed by atoms with Crippen molar-refractivity contribution in [3.63, 3.8) is 0 Å². The lowest BCUT2D eigenvalue weighted by Crippen LogP contribution is -1.98. The molecule has 0 atom stereocenters. The Bertz CT molecular complexity index is 511. The molecule has 0 amide bonds. The van der Waals surface area contributed by atoms with Crippen molar-refractivity contribution in [2.24, 2.45) is 0 Å². The molecule has 0 aliphatic rings. The molecule has 2 rings (SSSR count). The summed E-state index contributed by atoms with van der Waals surface area (Å²) in [5, 5.41) is 3.37. The standard InChI is InChI=1S/C12H9BrClFN2/c13-7-1-4-10(16)12(5-7)17-11-6-8(14)2-3-9(11)15/h1-6,17H,16H2. The summed E-state index contributed by atoms with van der Waals surface area (Å²) in [6.07, 6.45) is 0. The van der Waals surface area contributed by atoms with Crippen LogP contribution in [0, 0.1) is 5.82 Å². The first-order chi connectivity index (χ1) is 8.06. The molecular weight excluding hydrogens is 307 g/mol. The topological polar surface area (TPSA) is 38.0 Å². The molecule has 2 nitrogen and oxygen atoms in total. The lowest BCUT2D eigenvalue weighted by Gasteiger charge is -2.10. The highest BCUT2D eigenvalue weighted by molar-refractivity contribution is 9.10. The fraction of sp³-hybridized carbons (Fsp3) is 0. The van der Waals surface area contributed by atoms with Gasteiger partial charge in [-0.3, -0.25) is 0 Å². The molecule has 0 fully saturated rings. The van der Waals surface area contributed by atoms with Crippen molar-refractivity contribution in [3.8, 4) is 0 Å². The highest BCUT2D eigenvalue weighted by atomic mass is 79.9. The van der Waals surface area contributed by atoms with Gasteiger partial charge >= 0.3 is 0 Å². The van der Waals surface area contributed by atoms with Gasteiger partial charge < -0.3 is 11.1 Å². The molecular formula is C12H9BrClFN2. The summed E-state index contributed by atoms with van der Waals surface area (Å²) in [6.45, 7) is 0. The first-order valence-electron chi connectivity index (χ1n) is 4.83. The second kappa shape index (κ2) is 4.94. The van der Waals surface area contributed by atoms with Gasteiger partial charge in [0.05, 0.1) is 17.1 Å². The van der Waals surface area contributed by atoms with Crippen molar-refractivity contribution in [3.05, 3.63) is 51.7 Å². The average molecular weight is 316 g/mol. The van der Waals surface area contributed by atoms with E-state index >= 15 is 0 Å². The maximum atomic E-state index is 13.5. The SMILES string of the molecule is Nc1ccc(Br)cc1Nc1cc(Cl)ccc1F. The Hall–Kier alpha value is -1.26. The summed E-state index contributed by atoms with van der Waals surface area (Å²) in [4.78, 5) is 0. The van der Waals surface area contributed by atoms with Crippen molar-refractivity contribution < 1.29 is 4.39 Å². The van der Waals surface area contributed by atoms with Crippen molar-refractivity contribution in [2.75, 3.05) is 11.1 Å². The molecule has 0 bridgehead atoms. The molecule has 17 heavy (non-hydrogen) atoms. The highest BCUT2D eigenvalue weighted by Crippen LogP contribution is 2.29. The minimum absolute atomic E-state index is 0.294. The van der Waals surface area contributed by atoms with E-state index in [1.807, 2.05) is 6.07 Å². The normalized spacial score (nSPS) is 10.3. The maximum Gasteiger partial charge on any atom is 0.146 e. The zero-order chi connectivity index (χ0) is 12.4. The molecule has 0 radical (unpaired) electrons. The summed E-state index contributed by atoms with van der Waals surface area (Å²) in [6, 6.07) is 9.63. The molecule has 0 aliphatic carbocycles. The molecule has 0 aliphatic heterocycles. The van der Waals surface area contributed by atoms with Crippen LogP contribution in [0.3, 0.4) is 0 Å². The number of nitrogens with one attached hydrogen (secondary N) is 1. The quantitative estimate of drug-likeness (QED) is 0.797. The van der Waals surface area contributed by atoms with Crippen molar-refractivity contribution in [1.82, 2.24) is 0 Å². The van der Waals surface area contributed by atoms with Crippen molar-refractivity contribution in [1.29, 1.82) is 0 Å². The van der Waals surface area contributed by atoms with Crippen LogP contribution in [-0.2, 0) is 0 Å². The minimum Gasteiger partial charge on any atom is -0.397 e. The number of benzene rings is 2. The third-order valence-electron chi connectivity index (χ3n) is 2.21. The van der Waals surface area contributed by atoms with E-state index in [-0.39, 0.29) is 5.82 Å². The molecule has 0 unspecified atom stereocenters. The summed E-state index contributed by atoms with van der Waals surface area (Å²) in [5.74, 6) is -0.381. The predicted molar refractivity (Wildman–Crippen MR) is 73.2 cm³/mol. The third-order valence-corrected chi connectivity index (χ3v) is 2.94. The first kappa shape index (κ1) is 12.2. The first-order valence-corrected chi connectivity index (χ1v) is 6.00. The second-order valence-corrected chi connectivity index (χ2v) is 4.83. The van der Waals surface area contributed by atoms with Gasteiger partial charge in [-0.25, -0.2) is 4.39 Å². The number of anilines is 3. The van der Waals surface area contributed by atoms with Gasteiger partial charge in [-0.1, -0.05) is 27.5 Å². The van der Waals surface area contributed by atoms with E-state index in [4.69, 9.17) is 17.3 Å². The van der Waals surface area contributed by atoms with Gasteiger partial charge in [0.1, 0.15) is 5.82 Å². The molecule has 3 N–H and O–H groups in total. The molecule has 2 aromatic carbocycles. The Balaban J connectivity index is 2.37. The Morgan fingerprint density at radius 2 is 1.88 bits per heavy atom. The highest BCUT2D eigenvalue weighted by Gasteiger charge is 2.06. The lowest BCUT2D eigenvalue weighted by molar-refractivity contribution is 0.632. The minimum atomic E-state index is -0.381. The largest absolute Gasteiger partial charge is 0.397 e. The van der Waals surface area contributed by atoms with Gasteiger partial charge in [-0.2, -0.15) is 0 Å². The Morgan fingerprint density at radius 3 is 2.65 bits per heavy atom. The predicted octanol–water partition coefficient (Wildman–Crippen LogP) is 4.57. The van der Waals surface area contributed by atoms with Crippen LogP contribution >= 0.6 is 27.5 Å². The van der Waals surface area contributed by atoms with Crippen LogP contribution in [0.15, 0.2) is 40.9 Å². The molecule has 0 saturated carbocycles. The molecule has 0 aromatic heterocycles. The van der Waals surface area contributed by atoms with E-state index in [0.29, 0.717) is 22.1 Å². The van der Waals surface area contributed by atoms with E-state index < -0.39 is 0 Å². The molecule has 2 aromatic rings. The smallest absolute Gasteiger partial charge is 0.146 e. The fourth-order valence-corrected chi connectivity index (χ4v) is 1.91. The van der Waals surface area contributed by atoms with E-state index in [1.54, 1.807) is 12.1 Å². The number of nitrogen functional groups attached to an aromatic ring is 1. The summed E-state index contributed by atoms with van der Waals surface area (Å²) in [5.41, 5.74) is 7.24. The second-order valence-electron chi connectivity index (χ2n) is 3.48. The van der Waals surface area contributed by atoms with Gasteiger partial charge in [0.15, 0.2) is 0 Å². The van der Waals surface area contributed by atoms with Crippen LogP contribution in [0.1, 0.15) is 0 Å². The molecule has 5 heteroatoms. The number of hydrogen-bond donors (Lipinski definition) is 2. The Kier molecular flexibility index (Phi) is 3.54. The van der Waals surface area contributed by atoms with Gasteiger partial charge in [-0.05, 0) is 36.4 Å². The van der Waals surface area contributed by atoms with E-state index in [2.05, 4.69) is 21.2 Å². The van der Waals surface area contributed by atoms with Crippen molar-refractivity contribution >= 4 is 44.6 Å². The summed E-state index contributed by atoms with van der Waals surface area (Å²) >= 11 is 9.13. The van der Waals surface area contributed by atoms with Gasteiger partial charge in [0.2, 0.25) is 0 Å². The zero-order valence-electron chi connectivity index (χ0n) is 8.68. The van der Waals surface area contributed by atoms with Crippen LogP contribution in [0.25, 0.3) is 0 Å². The van der Waals surface area contributed by atoms with E-state index in [0.717, 1.165) is 4.47 Å². The Labute approximate surface area is 112 Å². The number of nitrogens with two attached hydrogens (primary N) is 1. The Morgan fingerprint density at radius 1 is 1.12 bits per heavy atom. The van der Waals surface area contributed by atoms with E-state index in [1.165, 1.54) is 18.2 Å². The fourth-order valence-electron chi connectivity index (χ4n) is 1.38. The maximum absolute atomic E-state index is 13.5. The number of rotatable bonds is 2. The average Bonchev–Trinajstić information content (AvgIpc) is 2.28. The van der Waals surface area contributed by atoms with Crippen LogP contribution < -0.4 is 11.1 Å². The molecule has 88 valence electrons. The van der Waals surface area contributed by atoms with Gasteiger partial charge in [0, 0.05) is 9.50 Å². The van der Waals surface area contributed by atoms with Crippen LogP contribution in [0.2, 0.25) is 5.02 Å². The van der Waals surface area contributed by atoms with Gasteiger partial charge in [-0.15, -0.1) is 0 Å². The number of hydrogen-bond acceptors (Lipinski definition) is 2. The van der Waals surface area contributed by atoms with E-state index in [9.17, 15) is 4.39 Å². The molecule has 0 saturated heterocycles. The zero-order valence-corrected chi connectivity index (χ0v) is 11.0. The molecule has 0 spiro atoms. The van der Waals surface area contributed by atoms with Gasteiger partial charge in [0.25, 0.3) is 0 Å². The number of halogens is 3. The van der Waals surface area contributed by atoms with Crippen molar-refractivity contribution in [2.45, 2.75) is 0 Å². The lowest BCUT2D eigenvalue weighted by atomic mass is 10.2. The van der Waals surface area contributed by atoms with Crippen LogP contribution in [-0.4, -0.2) is 0 Å². The van der Waals surface area contributed by atoms with Crippen LogP contribution in [0.4, 0.5) is 21.5 Å². The molecule has 0 heterocycles.